The summed E-state index contributed by atoms with van der Waals surface area (Å²) < 4.78 is 7.63. The number of ether oxygens (including phenoxy) is 1. The molecule has 2 atom stereocenters. The van der Waals surface area contributed by atoms with E-state index in [9.17, 15) is 0 Å². The minimum Gasteiger partial charge on any atom is -0.383 e. The first-order valence-corrected chi connectivity index (χ1v) is 9.48. The summed E-state index contributed by atoms with van der Waals surface area (Å²) in [6.07, 6.45) is 5.20. The number of amidine groups is 1. The molecule has 4 rings (SSSR count). The molecule has 5 heteroatoms. The van der Waals surface area contributed by atoms with Gasteiger partial charge < -0.3 is 14.2 Å². The van der Waals surface area contributed by atoms with Gasteiger partial charge in [-0.15, -0.1) is 0 Å². The van der Waals surface area contributed by atoms with Crippen LogP contribution in [0, 0.1) is 13.8 Å². The van der Waals surface area contributed by atoms with Gasteiger partial charge in [0.1, 0.15) is 0 Å². The lowest BCUT2D eigenvalue weighted by atomic mass is 9.90. The van der Waals surface area contributed by atoms with E-state index in [2.05, 4.69) is 34.8 Å². The number of hydrogen-bond donors (Lipinski definition) is 0. The Bertz CT molecular complexity index is 676. The van der Waals surface area contributed by atoms with Crippen molar-refractivity contribution in [2.24, 2.45) is 4.99 Å². The number of nitrogens with zero attached hydrogens (tertiary/aromatic N) is 3. The van der Waals surface area contributed by atoms with E-state index in [0.29, 0.717) is 12.1 Å². The van der Waals surface area contributed by atoms with E-state index in [1.807, 2.05) is 0 Å². The van der Waals surface area contributed by atoms with Gasteiger partial charge in [-0.25, -0.2) is 0 Å². The zero-order valence-electron chi connectivity index (χ0n) is 14.2. The summed E-state index contributed by atoms with van der Waals surface area (Å²) in [6, 6.07) is 3.44. The van der Waals surface area contributed by atoms with Gasteiger partial charge in [-0.05, 0) is 32.8 Å². The van der Waals surface area contributed by atoms with E-state index >= 15 is 0 Å². The molecule has 3 aliphatic rings. The molecule has 0 spiro atoms. The molecule has 1 fully saturated rings. The highest BCUT2D eigenvalue weighted by Crippen LogP contribution is 2.44. The number of aromatic nitrogens is 1. The second kappa shape index (κ2) is 6.02. The highest BCUT2D eigenvalue weighted by molar-refractivity contribution is 8.16. The average Bonchev–Trinajstić information content (AvgIpc) is 3.18. The molecule has 0 bridgehead atoms. The highest BCUT2D eigenvalue weighted by atomic mass is 32.2. The Labute approximate surface area is 142 Å². The van der Waals surface area contributed by atoms with Gasteiger partial charge in [-0.1, -0.05) is 24.6 Å². The molecule has 0 N–H and O–H groups in total. The first kappa shape index (κ1) is 15.3. The van der Waals surface area contributed by atoms with Crippen LogP contribution in [0.15, 0.2) is 16.5 Å². The normalized spacial score (nSPS) is 26.1. The lowest BCUT2D eigenvalue weighted by molar-refractivity contribution is 0.186. The number of methoxy groups -OCH3 is 1. The standard InChI is InChI=1S/C18H25N3OS/c1-12-10-14(13(2)20(12)8-9-22-3)17-11-23-18-19-15-6-4-5-7-16(15)21(17)18/h10-11,15-16H,4-9H2,1-3H3/t15-,16+/m0/s1. The van der Waals surface area contributed by atoms with Crippen LogP contribution in [0.25, 0.3) is 5.70 Å². The van der Waals surface area contributed by atoms with Crippen molar-refractivity contribution in [1.82, 2.24) is 9.47 Å². The molecule has 1 aromatic heterocycles. The molecular weight excluding hydrogens is 306 g/mol. The summed E-state index contributed by atoms with van der Waals surface area (Å²) in [4.78, 5) is 7.51. The summed E-state index contributed by atoms with van der Waals surface area (Å²) in [6.45, 7) is 6.09. The molecule has 1 aromatic rings. The first-order chi connectivity index (χ1) is 11.2. The molecular formula is C18H25N3OS. The van der Waals surface area contributed by atoms with Crippen molar-refractivity contribution in [2.75, 3.05) is 13.7 Å². The maximum atomic E-state index is 5.26. The number of aryl methyl sites for hydroxylation is 1. The lowest BCUT2D eigenvalue weighted by Gasteiger charge is -2.32. The van der Waals surface area contributed by atoms with E-state index in [4.69, 9.17) is 9.73 Å². The van der Waals surface area contributed by atoms with E-state index in [0.717, 1.165) is 13.2 Å². The number of rotatable bonds is 4. The number of thioether (sulfide) groups is 1. The van der Waals surface area contributed by atoms with E-state index in [-0.39, 0.29) is 0 Å². The summed E-state index contributed by atoms with van der Waals surface area (Å²) >= 11 is 1.80. The van der Waals surface area contributed by atoms with Gasteiger partial charge >= 0.3 is 0 Å². The Kier molecular flexibility index (Phi) is 4.01. The van der Waals surface area contributed by atoms with Crippen LogP contribution in [0.2, 0.25) is 0 Å². The third-order valence-corrected chi connectivity index (χ3v) is 6.27. The van der Waals surface area contributed by atoms with Crippen molar-refractivity contribution in [1.29, 1.82) is 0 Å². The molecule has 2 aliphatic heterocycles. The van der Waals surface area contributed by atoms with Gasteiger partial charge in [-0.3, -0.25) is 4.99 Å². The van der Waals surface area contributed by atoms with Gasteiger partial charge in [0.15, 0.2) is 5.17 Å². The molecule has 0 saturated heterocycles. The van der Waals surface area contributed by atoms with E-state index in [1.165, 1.54) is 53.5 Å². The predicted molar refractivity (Wildman–Crippen MR) is 96.7 cm³/mol. The number of fused-ring (bicyclic) bond motifs is 3. The SMILES string of the molecule is COCCn1c(C)cc(C2=CSC3=N[C@H]4CCCC[C@H]4N23)c1C. The van der Waals surface area contributed by atoms with Gasteiger partial charge in [0, 0.05) is 36.0 Å². The van der Waals surface area contributed by atoms with Crippen LogP contribution in [-0.4, -0.2) is 40.4 Å². The van der Waals surface area contributed by atoms with Gasteiger partial charge in [0.25, 0.3) is 0 Å². The Hall–Kier alpha value is -1.20. The molecule has 0 amide bonds. The number of aliphatic imine (C=N–C) groups is 1. The smallest absolute Gasteiger partial charge is 0.168 e. The fraction of sp³-hybridized carbons (Fsp3) is 0.611. The lowest BCUT2D eigenvalue weighted by Crippen LogP contribution is -2.38. The fourth-order valence-corrected chi connectivity index (χ4v) is 5.21. The van der Waals surface area contributed by atoms with Crippen molar-refractivity contribution in [3.05, 3.63) is 28.4 Å². The minimum atomic E-state index is 0.520. The Morgan fingerprint density at radius 1 is 1.30 bits per heavy atom. The Balaban J connectivity index is 1.65. The van der Waals surface area contributed by atoms with Crippen LogP contribution in [0.3, 0.4) is 0 Å². The monoisotopic (exact) mass is 331 g/mol. The molecule has 124 valence electrons. The van der Waals surface area contributed by atoms with Crippen LogP contribution in [0.1, 0.15) is 42.6 Å². The molecule has 23 heavy (non-hydrogen) atoms. The van der Waals surface area contributed by atoms with E-state index in [1.54, 1.807) is 18.9 Å². The molecule has 0 aromatic carbocycles. The third kappa shape index (κ3) is 2.45. The van der Waals surface area contributed by atoms with Gasteiger partial charge in [-0.2, -0.15) is 0 Å². The third-order valence-electron chi connectivity index (χ3n) is 5.41. The second-order valence-corrected chi connectivity index (χ2v) is 7.59. The summed E-state index contributed by atoms with van der Waals surface area (Å²) in [5.74, 6) is 0. The van der Waals surface area contributed by atoms with Crippen molar-refractivity contribution in [3.63, 3.8) is 0 Å². The maximum Gasteiger partial charge on any atom is 0.168 e. The Morgan fingerprint density at radius 2 is 2.13 bits per heavy atom. The largest absolute Gasteiger partial charge is 0.383 e. The van der Waals surface area contributed by atoms with Crippen LogP contribution in [0.5, 0.6) is 0 Å². The summed E-state index contributed by atoms with van der Waals surface area (Å²) in [7, 11) is 1.77. The quantitative estimate of drug-likeness (QED) is 0.841. The Morgan fingerprint density at radius 3 is 2.96 bits per heavy atom. The molecule has 1 aliphatic carbocycles. The zero-order valence-corrected chi connectivity index (χ0v) is 15.0. The molecule has 3 heterocycles. The molecule has 0 unspecified atom stereocenters. The fourth-order valence-electron chi connectivity index (χ4n) is 4.20. The average molecular weight is 331 g/mol. The van der Waals surface area contributed by atoms with Gasteiger partial charge in [0.05, 0.1) is 24.4 Å². The minimum absolute atomic E-state index is 0.520. The van der Waals surface area contributed by atoms with Crippen molar-refractivity contribution in [2.45, 2.75) is 58.2 Å². The van der Waals surface area contributed by atoms with Crippen LogP contribution in [0.4, 0.5) is 0 Å². The predicted octanol–water partition coefficient (Wildman–Crippen LogP) is 3.78. The first-order valence-electron chi connectivity index (χ1n) is 8.60. The van der Waals surface area contributed by atoms with Gasteiger partial charge in [0.2, 0.25) is 0 Å². The van der Waals surface area contributed by atoms with Crippen molar-refractivity contribution in [3.8, 4) is 0 Å². The van der Waals surface area contributed by atoms with E-state index < -0.39 is 0 Å². The molecule has 0 radical (unpaired) electrons. The van der Waals surface area contributed by atoms with Crippen LogP contribution >= 0.6 is 11.8 Å². The van der Waals surface area contributed by atoms with Crippen LogP contribution in [-0.2, 0) is 11.3 Å². The van der Waals surface area contributed by atoms with Crippen molar-refractivity contribution >= 4 is 22.6 Å². The second-order valence-electron chi connectivity index (χ2n) is 6.75. The summed E-state index contributed by atoms with van der Waals surface area (Å²) in [5, 5.41) is 3.52. The van der Waals surface area contributed by atoms with Crippen molar-refractivity contribution < 1.29 is 4.74 Å². The summed E-state index contributed by atoms with van der Waals surface area (Å²) in [5.41, 5.74) is 5.37. The number of hydrogen-bond acceptors (Lipinski definition) is 4. The molecule has 4 nitrogen and oxygen atoms in total. The molecule has 1 saturated carbocycles. The zero-order chi connectivity index (χ0) is 16.0. The highest BCUT2D eigenvalue weighted by Gasteiger charge is 2.42. The van der Waals surface area contributed by atoms with Crippen LogP contribution < -0.4 is 0 Å². The maximum absolute atomic E-state index is 5.26. The topological polar surface area (TPSA) is 29.8 Å².